The third kappa shape index (κ3) is 68.4. The summed E-state index contributed by atoms with van der Waals surface area (Å²) >= 11 is 0. The minimum absolute atomic E-state index is 0.0719. The standard InChI is InChI=1S/C76H142O6/c1-4-7-10-13-16-19-22-25-28-30-31-32-33-34-35-36-37-38-39-40-41-42-43-44-45-46-49-51-54-57-60-63-66-69-75(78)81-72-73(71-80-74(77)68-65-62-59-56-53-50-47-27-24-21-18-15-12-9-6-3)82-76(79)70-67-64-61-58-55-52-48-29-26-23-20-17-14-11-8-5-2/h9,12,18,21,27,47,73H,4-8,10-11,13-17,19-20,22-26,28-46,48-72H2,1-3H3/b12-9-,21-18-,47-27-. The van der Waals surface area contributed by atoms with Gasteiger partial charge in [-0.3, -0.25) is 14.4 Å². The van der Waals surface area contributed by atoms with Gasteiger partial charge in [0, 0.05) is 19.3 Å². The van der Waals surface area contributed by atoms with E-state index in [4.69, 9.17) is 14.2 Å². The van der Waals surface area contributed by atoms with E-state index in [0.29, 0.717) is 19.3 Å². The number of hydrogen-bond acceptors (Lipinski definition) is 6. The summed E-state index contributed by atoms with van der Waals surface area (Å²) in [5.41, 5.74) is 0. The van der Waals surface area contributed by atoms with Crippen LogP contribution in [-0.2, 0) is 28.6 Å². The van der Waals surface area contributed by atoms with E-state index in [9.17, 15) is 14.4 Å². The molecule has 1 atom stereocenters. The number of rotatable bonds is 69. The summed E-state index contributed by atoms with van der Waals surface area (Å²) in [6.45, 7) is 6.59. The van der Waals surface area contributed by atoms with Gasteiger partial charge in [0.25, 0.3) is 0 Å². The molecule has 0 saturated carbocycles. The zero-order valence-electron chi connectivity index (χ0n) is 55.5. The number of carbonyl (C=O) groups excluding carboxylic acids is 3. The number of allylic oxidation sites excluding steroid dienone is 6. The largest absolute Gasteiger partial charge is 0.462 e. The van der Waals surface area contributed by atoms with E-state index in [2.05, 4.69) is 57.2 Å². The molecule has 0 rings (SSSR count). The van der Waals surface area contributed by atoms with Gasteiger partial charge in [-0.05, 0) is 51.4 Å². The summed E-state index contributed by atoms with van der Waals surface area (Å²) < 4.78 is 17.0. The van der Waals surface area contributed by atoms with Gasteiger partial charge in [0.15, 0.2) is 6.10 Å². The van der Waals surface area contributed by atoms with Gasteiger partial charge < -0.3 is 14.2 Å². The van der Waals surface area contributed by atoms with Crippen LogP contribution in [0.15, 0.2) is 36.5 Å². The minimum atomic E-state index is -0.777. The van der Waals surface area contributed by atoms with Crippen molar-refractivity contribution in [2.45, 2.75) is 419 Å². The first-order valence-electron chi connectivity index (χ1n) is 37.0. The summed E-state index contributed by atoms with van der Waals surface area (Å²) in [5, 5.41) is 0. The topological polar surface area (TPSA) is 78.9 Å². The molecule has 0 aliphatic carbocycles. The number of ether oxygens (including phenoxy) is 3. The first kappa shape index (κ1) is 79.6. The van der Waals surface area contributed by atoms with Crippen molar-refractivity contribution in [3.63, 3.8) is 0 Å². The van der Waals surface area contributed by atoms with Crippen LogP contribution in [0.25, 0.3) is 0 Å². The molecule has 0 aliphatic heterocycles. The van der Waals surface area contributed by atoms with Gasteiger partial charge in [-0.1, -0.05) is 378 Å². The molecule has 0 amide bonds. The highest BCUT2D eigenvalue weighted by Crippen LogP contribution is 2.19. The smallest absolute Gasteiger partial charge is 0.306 e. The van der Waals surface area contributed by atoms with E-state index in [1.165, 1.54) is 276 Å². The van der Waals surface area contributed by atoms with E-state index in [-0.39, 0.29) is 31.1 Å². The van der Waals surface area contributed by atoms with Gasteiger partial charge in [0.2, 0.25) is 0 Å². The van der Waals surface area contributed by atoms with Crippen LogP contribution >= 0.6 is 0 Å². The molecular formula is C76H142O6. The highest BCUT2D eigenvalue weighted by Gasteiger charge is 2.20. The Bertz CT molecular complexity index is 1370. The summed E-state index contributed by atoms with van der Waals surface area (Å²) in [7, 11) is 0. The van der Waals surface area contributed by atoms with Gasteiger partial charge in [0.05, 0.1) is 0 Å². The fraction of sp³-hybridized carbons (Fsp3) is 0.882. The Morgan fingerprint density at radius 3 is 0.744 bits per heavy atom. The summed E-state index contributed by atoms with van der Waals surface area (Å²) in [6.07, 6.45) is 89.2. The maximum atomic E-state index is 12.9. The lowest BCUT2D eigenvalue weighted by Crippen LogP contribution is -2.30. The molecule has 482 valence electrons. The van der Waals surface area contributed by atoms with E-state index in [1.54, 1.807) is 0 Å². The van der Waals surface area contributed by atoms with E-state index in [1.807, 2.05) is 0 Å². The molecule has 0 radical (unpaired) electrons. The van der Waals surface area contributed by atoms with Gasteiger partial charge in [-0.2, -0.15) is 0 Å². The van der Waals surface area contributed by atoms with Gasteiger partial charge in [-0.15, -0.1) is 0 Å². The van der Waals surface area contributed by atoms with Crippen molar-refractivity contribution in [2.75, 3.05) is 13.2 Å². The molecule has 0 saturated heterocycles. The molecule has 0 spiro atoms. The van der Waals surface area contributed by atoms with Gasteiger partial charge >= 0.3 is 17.9 Å². The first-order valence-corrected chi connectivity index (χ1v) is 37.0. The van der Waals surface area contributed by atoms with Crippen molar-refractivity contribution in [1.29, 1.82) is 0 Å². The summed E-state index contributed by atoms with van der Waals surface area (Å²) in [4.78, 5) is 38.4. The highest BCUT2D eigenvalue weighted by molar-refractivity contribution is 5.71. The van der Waals surface area contributed by atoms with Crippen LogP contribution in [0.3, 0.4) is 0 Å². The molecule has 0 aliphatic rings. The molecule has 6 nitrogen and oxygen atoms in total. The molecule has 0 heterocycles. The maximum absolute atomic E-state index is 12.9. The van der Waals surface area contributed by atoms with Gasteiger partial charge in [-0.25, -0.2) is 0 Å². The van der Waals surface area contributed by atoms with Crippen LogP contribution in [0.5, 0.6) is 0 Å². The first-order chi connectivity index (χ1) is 40.5. The molecule has 0 aromatic carbocycles. The maximum Gasteiger partial charge on any atom is 0.306 e. The van der Waals surface area contributed by atoms with E-state index < -0.39 is 6.10 Å². The highest BCUT2D eigenvalue weighted by atomic mass is 16.6. The molecule has 82 heavy (non-hydrogen) atoms. The average molecular weight is 1150 g/mol. The molecule has 0 bridgehead atoms. The molecule has 6 heteroatoms. The lowest BCUT2D eigenvalue weighted by molar-refractivity contribution is -0.167. The van der Waals surface area contributed by atoms with E-state index in [0.717, 1.165) is 96.3 Å². The van der Waals surface area contributed by atoms with Crippen LogP contribution < -0.4 is 0 Å². The zero-order chi connectivity index (χ0) is 59.2. The van der Waals surface area contributed by atoms with Crippen molar-refractivity contribution in [2.24, 2.45) is 0 Å². The normalized spacial score (nSPS) is 12.2. The Balaban J connectivity index is 4.11. The molecule has 0 fully saturated rings. The Labute approximate surface area is 512 Å². The second-order valence-corrected chi connectivity index (χ2v) is 25.2. The Morgan fingerprint density at radius 1 is 0.256 bits per heavy atom. The third-order valence-corrected chi connectivity index (χ3v) is 16.9. The van der Waals surface area contributed by atoms with Crippen molar-refractivity contribution in [3.8, 4) is 0 Å². The summed E-state index contributed by atoms with van der Waals surface area (Å²) in [6, 6.07) is 0. The zero-order valence-corrected chi connectivity index (χ0v) is 55.5. The van der Waals surface area contributed by atoms with Crippen molar-refractivity contribution in [1.82, 2.24) is 0 Å². The molecular weight excluding hydrogens is 1010 g/mol. The fourth-order valence-electron chi connectivity index (χ4n) is 11.4. The Hall–Kier alpha value is -2.37. The van der Waals surface area contributed by atoms with Crippen molar-refractivity contribution >= 4 is 17.9 Å². The van der Waals surface area contributed by atoms with Crippen molar-refractivity contribution < 1.29 is 28.6 Å². The summed E-state index contributed by atoms with van der Waals surface area (Å²) in [5.74, 6) is -0.860. The molecule has 1 unspecified atom stereocenters. The molecule has 0 N–H and O–H groups in total. The number of unbranched alkanes of at least 4 members (excludes halogenated alkanes) is 52. The lowest BCUT2D eigenvalue weighted by Gasteiger charge is -2.18. The average Bonchev–Trinajstić information content (AvgIpc) is 3.47. The second-order valence-electron chi connectivity index (χ2n) is 25.2. The minimum Gasteiger partial charge on any atom is -0.462 e. The van der Waals surface area contributed by atoms with Gasteiger partial charge in [0.1, 0.15) is 13.2 Å². The quantitative estimate of drug-likeness (QED) is 0.0261. The van der Waals surface area contributed by atoms with Crippen LogP contribution in [0, 0.1) is 0 Å². The number of esters is 3. The van der Waals surface area contributed by atoms with Crippen LogP contribution in [0.1, 0.15) is 412 Å². The monoisotopic (exact) mass is 1150 g/mol. The number of carbonyl (C=O) groups is 3. The SMILES string of the molecule is CC/C=C\C/C=C\C/C=C\CCCCCCCC(=O)OCC(COC(=O)CCCCCCCCCCCCCCCCCCCCCCCCCCCCCCCCCCC)OC(=O)CCCCCCCCCCCCCCCCCC. The third-order valence-electron chi connectivity index (χ3n) is 16.9. The predicted octanol–water partition coefficient (Wildman–Crippen LogP) is 25.5. The molecule has 0 aromatic rings. The Kier molecular flexibility index (Phi) is 69.1. The number of hydrogen-bond donors (Lipinski definition) is 0. The van der Waals surface area contributed by atoms with Crippen molar-refractivity contribution in [3.05, 3.63) is 36.5 Å². The fourth-order valence-corrected chi connectivity index (χ4v) is 11.4. The van der Waals surface area contributed by atoms with Crippen LogP contribution in [-0.4, -0.2) is 37.2 Å². The lowest BCUT2D eigenvalue weighted by atomic mass is 10.0. The van der Waals surface area contributed by atoms with Crippen LogP contribution in [0.4, 0.5) is 0 Å². The Morgan fingerprint density at radius 2 is 0.476 bits per heavy atom. The van der Waals surface area contributed by atoms with E-state index >= 15 is 0 Å². The predicted molar refractivity (Wildman–Crippen MR) is 358 cm³/mol. The second kappa shape index (κ2) is 71.1. The van der Waals surface area contributed by atoms with Crippen LogP contribution in [0.2, 0.25) is 0 Å². The molecule has 0 aromatic heterocycles.